The van der Waals surface area contributed by atoms with Crippen molar-refractivity contribution < 1.29 is 14.0 Å². The molecule has 188 valence electrons. The van der Waals surface area contributed by atoms with Crippen molar-refractivity contribution in [2.45, 2.75) is 31.7 Å². The Kier molecular flexibility index (Phi) is 6.26. The summed E-state index contributed by atoms with van der Waals surface area (Å²) in [4.78, 5) is 29.6. The number of carbonyl (C=O) groups excluding carboxylic acids is 2. The summed E-state index contributed by atoms with van der Waals surface area (Å²) in [5.74, 6) is 0.397. The number of para-hydroxylation sites is 2. The Labute approximate surface area is 222 Å². The highest BCUT2D eigenvalue weighted by Gasteiger charge is 2.42. The lowest BCUT2D eigenvalue weighted by Gasteiger charge is -2.33. The molecule has 38 heavy (non-hydrogen) atoms. The first-order valence-corrected chi connectivity index (χ1v) is 12.9. The van der Waals surface area contributed by atoms with Crippen LogP contribution in [0.3, 0.4) is 0 Å². The lowest BCUT2D eigenvalue weighted by atomic mass is 9.79. The fraction of sp³-hybridized carbons (Fsp3) is 0.152. The molecule has 1 aromatic heterocycles. The number of hydrogen-bond donors (Lipinski definition) is 1. The molecule has 1 aliphatic carbocycles. The average Bonchev–Trinajstić information content (AvgIpc) is 3.42. The number of allylic oxidation sites excluding steroid dienone is 1. The van der Waals surface area contributed by atoms with Crippen LogP contribution in [0.1, 0.15) is 47.3 Å². The van der Waals surface area contributed by atoms with Crippen molar-refractivity contribution in [1.82, 2.24) is 0 Å². The number of ketones is 1. The van der Waals surface area contributed by atoms with E-state index in [1.165, 1.54) is 5.56 Å². The standard InChI is InChI=1S/C33H28N2O3/c1-22-13-16-24(17-14-22)25-20-27-32(29(36)21-25)33(30-12-7-19-38-30)35(28-11-6-5-10-26(28)34-27)31(37)18-15-23-8-3-2-4-9-23/h2-19,25,33-34H,20-21H2,1H3/b18-15+/t25-,33-/m1/s1. The molecule has 6 rings (SSSR count). The number of Topliss-reactive ketones (excluding diaryl/α,β-unsaturated/α-hetero) is 1. The summed E-state index contributed by atoms with van der Waals surface area (Å²) in [5, 5.41) is 3.55. The predicted molar refractivity (Wildman–Crippen MR) is 150 cm³/mol. The van der Waals surface area contributed by atoms with E-state index in [1.807, 2.05) is 60.7 Å². The normalized spacial score (nSPS) is 19.1. The Morgan fingerprint density at radius 3 is 2.45 bits per heavy atom. The summed E-state index contributed by atoms with van der Waals surface area (Å²) in [6, 6.07) is 28.7. The van der Waals surface area contributed by atoms with Crippen molar-refractivity contribution in [2.24, 2.45) is 0 Å². The molecule has 4 aromatic rings. The first-order chi connectivity index (χ1) is 18.6. The van der Waals surface area contributed by atoms with Crippen molar-refractivity contribution in [3.05, 3.63) is 137 Å². The molecule has 1 aliphatic heterocycles. The van der Waals surface area contributed by atoms with Crippen molar-refractivity contribution >= 4 is 29.1 Å². The van der Waals surface area contributed by atoms with E-state index in [1.54, 1.807) is 29.4 Å². The lowest BCUT2D eigenvalue weighted by molar-refractivity contribution is -0.117. The minimum absolute atomic E-state index is 0.0170. The fourth-order valence-electron chi connectivity index (χ4n) is 5.44. The van der Waals surface area contributed by atoms with E-state index in [0.717, 1.165) is 22.5 Å². The van der Waals surface area contributed by atoms with Gasteiger partial charge in [-0.2, -0.15) is 0 Å². The molecule has 0 fully saturated rings. The second-order valence-electron chi connectivity index (χ2n) is 9.84. The number of benzene rings is 3. The van der Waals surface area contributed by atoms with Crippen LogP contribution in [0.25, 0.3) is 6.08 Å². The monoisotopic (exact) mass is 500 g/mol. The predicted octanol–water partition coefficient (Wildman–Crippen LogP) is 7.20. The van der Waals surface area contributed by atoms with E-state index in [2.05, 4.69) is 36.5 Å². The number of rotatable bonds is 4. The molecule has 0 saturated heterocycles. The third-order valence-electron chi connectivity index (χ3n) is 7.31. The van der Waals surface area contributed by atoms with Gasteiger partial charge in [0.1, 0.15) is 11.8 Å². The van der Waals surface area contributed by atoms with Crippen LogP contribution in [-0.2, 0) is 9.59 Å². The van der Waals surface area contributed by atoms with Crippen molar-refractivity contribution in [3.8, 4) is 0 Å². The van der Waals surface area contributed by atoms with Crippen molar-refractivity contribution in [3.63, 3.8) is 0 Å². The number of amides is 1. The van der Waals surface area contributed by atoms with Crippen LogP contribution in [0.4, 0.5) is 11.4 Å². The molecular formula is C33H28N2O3. The zero-order valence-electron chi connectivity index (χ0n) is 21.1. The number of hydrogen-bond acceptors (Lipinski definition) is 4. The maximum absolute atomic E-state index is 13.9. The number of nitrogens with zero attached hydrogens (tertiary/aromatic N) is 1. The van der Waals surface area contributed by atoms with Gasteiger partial charge in [-0.05, 0) is 60.7 Å². The molecule has 0 spiro atoms. The highest BCUT2D eigenvalue weighted by Crippen LogP contribution is 2.47. The van der Waals surface area contributed by atoms with Gasteiger partial charge in [0.2, 0.25) is 0 Å². The van der Waals surface area contributed by atoms with Gasteiger partial charge in [0.05, 0.1) is 17.6 Å². The fourth-order valence-corrected chi connectivity index (χ4v) is 5.44. The van der Waals surface area contributed by atoms with Crippen LogP contribution in [0, 0.1) is 6.92 Å². The molecule has 2 aliphatic rings. The quantitative estimate of drug-likeness (QED) is 0.301. The van der Waals surface area contributed by atoms with Gasteiger partial charge >= 0.3 is 0 Å². The van der Waals surface area contributed by atoms with Crippen molar-refractivity contribution in [2.75, 3.05) is 10.2 Å². The second-order valence-corrected chi connectivity index (χ2v) is 9.84. The lowest BCUT2D eigenvalue weighted by Crippen LogP contribution is -2.37. The molecule has 0 bridgehead atoms. The van der Waals surface area contributed by atoms with E-state index in [4.69, 9.17) is 4.42 Å². The highest BCUT2D eigenvalue weighted by molar-refractivity contribution is 6.10. The summed E-state index contributed by atoms with van der Waals surface area (Å²) < 4.78 is 5.88. The molecule has 2 heterocycles. The van der Waals surface area contributed by atoms with E-state index >= 15 is 0 Å². The van der Waals surface area contributed by atoms with Crippen LogP contribution >= 0.6 is 0 Å². The second kappa shape index (κ2) is 10.0. The molecule has 2 atom stereocenters. The minimum atomic E-state index is -0.685. The molecule has 0 radical (unpaired) electrons. The van der Waals surface area contributed by atoms with Gasteiger partial charge in [-0.3, -0.25) is 14.5 Å². The third-order valence-corrected chi connectivity index (χ3v) is 7.31. The van der Waals surface area contributed by atoms with E-state index in [-0.39, 0.29) is 17.6 Å². The van der Waals surface area contributed by atoms with Gasteiger partial charge in [-0.15, -0.1) is 0 Å². The van der Waals surface area contributed by atoms with Gasteiger partial charge in [0.15, 0.2) is 5.78 Å². The summed E-state index contributed by atoms with van der Waals surface area (Å²) in [6.07, 6.45) is 5.99. The first-order valence-electron chi connectivity index (χ1n) is 12.9. The Morgan fingerprint density at radius 1 is 0.921 bits per heavy atom. The summed E-state index contributed by atoms with van der Waals surface area (Å²) in [7, 11) is 0. The maximum Gasteiger partial charge on any atom is 0.252 e. The Morgan fingerprint density at radius 2 is 1.68 bits per heavy atom. The zero-order chi connectivity index (χ0) is 26.1. The smallest absolute Gasteiger partial charge is 0.252 e. The minimum Gasteiger partial charge on any atom is -0.467 e. The molecule has 1 amide bonds. The maximum atomic E-state index is 13.9. The van der Waals surface area contributed by atoms with Gasteiger partial charge in [-0.1, -0.05) is 72.3 Å². The Bertz CT molecular complexity index is 1530. The van der Waals surface area contributed by atoms with Crippen LogP contribution < -0.4 is 10.2 Å². The summed E-state index contributed by atoms with van der Waals surface area (Å²) in [6.45, 7) is 2.06. The SMILES string of the molecule is Cc1ccc([C@H]2CC(=O)C3=C(C2)Nc2ccccc2N(C(=O)/C=C/c2ccccc2)[C@@H]3c2ccco2)cc1. The molecule has 5 heteroatoms. The van der Waals surface area contributed by atoms with Crippen LogP contribution in [0.15, 0.2) is 119 Å². The first kappa shape index (κ1) is 23.7. The van der Waals surface area contributed by atoms with E-state index < -0.39 is 6.04 Å². The number of aryl methyl sites for hydroxylation is 1. The number of furan rings is 1. The average molecular weight is 501 g/mol. The van der Waals surface area contributed by atoms with Crippen LogP contribution in [0.2, 0.25) is 0 Å². The van der Waals surface area contributed by atoms with Gasteiger partial charge in [-0.25, -0.2) is 0 Å². The topological polar surface area (TPSA) is 62.6 Å². The van der Waals surface area contributed by atoms with Gasteiger partial charge in [0, 0.05) is 23.8 Å². The Balaban J connectivity index is 1.47. The Hall–Kier alpha value is -4.64. The molecule has 0 saturated carbocycles. The largest absolute Gasteiger partial charge is 0.467 e. The number of anilines is 2. The highest BCUT2D eigenvalue weighted by atomic mass is 16.3. The van der Waals surface area contributed by atoms with Crippen molar-refractivity contribution in [1.29, 1.82) is 0 Å². The number of carbonyl (C=O) groups is 2. The van der Waals surface area contributed by atoms with Crippen LogP contribution in [-0.4, -0.2) is 11.7 Å². The van der Waals surface area contributed by atoms with E-state index in [0.29, 0.717) is 29.9 Å². The number of fused-ring (bicyclic) bond motifs is 1. The van der Waals surface area contributed by atoms with E-state index in [9.17, 15) is 9.59 Å². The zero-order valence-corrected chi connectivity index (χ0v) is 21.1. The molecule has 1 N–H and O–H groups in total. The summed E-state index contributed by atoms with van der Waals surface area (Å²) >= 11 is 0. The van der Waals surface area contributed by atoms with Crippen LogP contribution in [0.5, 0.6) is 0 Å². The number of nitrogens with one attached hydrogen (secondary N) is 1. The van der Waals surface area contributed by atoms with Gasteiger partial charge < -0.3 is 9.73 Å². The molecule has 5 nitrogen and oxygen atoms in total. The van der Waals surface area contributed by atoms with Gasteiger partial charge in [0.25, 0.3) is 5.91 Å². The molecule has 3 aromatic carbocycles. The molecular weight excluding hydrogens is 472 g/mol. The third kappa shape index (κ3) is 4.48. The summed E-state index contributed by atoms with van der Waals surface area (Å²) in [5.41, 5.74) is 6.16. The molecule has 0 unspecified atom stereocenters.